The van der Waals surface area contributed by atoms with Crippen LogP contribution in [0.2, 0.25) is 0 Å². The Morgan fingerprint density at radius 1 is 1.19 bits per heavy atom. The molecule has 2 N–H and O–H groups in total. The molecule has 2 aromatic heterocycles. The number of rotatable bonds is 7. The van der Waals surface area contributed by atoms with Gasteiger partial charge in [0.1, 0.15) is 11.4 Å². The number of nitrogens with zero attached hydrogens (tertiary/aromatic N) is 3. The van der Waals surface area contributed by atoms with Crippen molar-refractivity contribution in [2.45, 2.75) is 58.0 Å². The Morgan fingerprint density at radius 2 is 1.86 bits per heavy atom. The standard InChI is InChI=1S/C24H26F4N4O4/c1-23(2,3)36-22(35)31-16(13-33)5-4-7-32-8-6-14-9-18(19(25)10-17(14)21(32)34)20-29-11-15(12-30-20)24(26,27)28/h6,8-12,16,33H,4-5,7,13H2,1-3H3,(H,31,35)/t16-/m1/s1. The third kappa shape index (κ3) is 6.78. The summed E-state index contributed by atoms with van der Waals surface area (Å²) in [6.45, 7) is 5.08. The van der Waals surface area contributed by atoms with Crippen molar-refractivity contribution in [3.05, 3.63) is 58.5 Å². The van der Waals surface area contributed by atoms with Crippen molar-refractivity contribution in [1.29, 1.82) is 0 Å². The lowest BCUT2D eigenvalue weighted by Gasteiger charge is -2.22. The molecule has 0 aliphatic rings. The Hall–Kier alpha value is -3.54. The molecule has 1 aromatic carbocycles. The van der Waals surface area contributed by atoms with E-state index in [2.05, 4.69) is 15.3 Å². The van der Waals surface area contributed by atoms with E-state index in [1.807, 2.05) is 0 Å². The number of nitrogens with one attached hydrogen (secondary N) is 1. The maximum absolute atomic E-state index is 14.8. The quantitative estimate of drug-likeness (QED) is 0.460. The van der Waals surface area contributed by atoms with E-state index in [0.29, 0.717) is 30.6 Å². The third-order valence-electron chi connectivity index (χ3n) is 5.18. The van der Waals surface area contributed by atoms with Gasteiger partial charge < -0.3 is 19.7 Å². The molecule has 3 aromatic rings. The van der Waals surface area contributed by atoms with Gasteiger partial charge in [0.15, 0.2) is 5.82 Å². The van der Waals surface area contributed by atoms with Crippen molar-refractivity contribution < 1.29 is 32.2 Å². The van der Waals surface area contributed by atoms with Crippen molar-refractivity contribution in [3.8, 4) is 11.4 Å². The number of alkyl halides is 3. The number of aromatic nitrogens is 3. The second-order valence-corrected chi connectivity index (χ2v) is 9.19. The molecular weight excluding hydrogens is 484 g/mol. The van der Waals surface area contributed by atoms with E-state index in [-0.39, 0.29) is 29.9 Å². The average molecular weight is 510 g/mol. The van der Waals surface area contributed by atoms with Crippen LogP contribution in [0.4, 0.5) is 22.4 Å². The van der Waals surface area contributed by atoms with Gasteiger partial charge >= 0.3 is 12.3 Å². The van der Waals surface area contributed by atoms with E-state index in [9.17, 15) is 32.3 Å². The minimum atomic E-state index is -4.62. The summed E-state index contributed by atoms with van der Waals surface area (Å²) in [5.74, 6) is -1.09. The lowest BCUT2D eigenvalue weighted by molar-refractivity contribution is -0.138. The molecule has 8 nitrogen and oxygen atoms in total. The minimum Gasteiger partial charge on any atom is -0.444 e. The van der Waals surface area contributed by atoms with Crippen LogP contribution in [0.15, 0.2) is 41.6 Å². The first-order chi connectivity index (χ1) is 16.8. The number of aryl methyl sites for hydroxylation is 1. The molecule has 1 atom stereocenters. The van der Waals surface area contributed by atoms with Gasteiger partial charge in [-0.3, -0.25) is 4.79 Å². The highest BCUT2D eigenvalue weighted by Crippen LogP contribution is 2.30. The summed E-state index contributed by atoms with van der Waals surface area (Å²) in [6, 6.07) is 3.32. The zero-order valence-electron chi connectivity index (χ0n) is 19.9. The second-order valence-electron chi connectivity index (χ2n) is 9.19. The molecule has 0 aliphatic heterocycles. The lowest BCUT2D eigenvalue weighted by atomic mass is 10.1. The van der Waals surface area contributed by atoms with E-state index >= 15 is 0 Å². The minimum absolute atomic E-state index is 0.0799. The number of aliphatic hydroxyl groups excluding tert-OH is 1. The van der Waals surface area contributed by atoms with E-state index in [1.54, 1.807) is 26.8 Å². The molecule has 0 unspecified atom stereocenters. The van der Waals surface area contributed by atoms with Crippen LogP contribution in [-0.4, -0.2) is 44.0 Å². The fourth-order valence-corrected chi connectivity index (χ4v) is 3.46. The number of hydrogen-bond acceptors (Lipinski definition) is 6. The highest BCUT2D eigenvalue weighted by Gasteiger charge is 2.31. The largest absolute Gasteiger partial charge is 0.444 e. The predicted octanol–water partition coefficient (Wildman–Crippen LogP) is 4.28. The highest BCUT2D eigenvalue weighted by molar-refractivity contribution is 5.86. The molecule has 3 rings (SSSR count). The van der Waals surface area contributed by atoms with Gasteiger partial charge in [0, 0.05) is 25.1 Å². The van der Waals surface area contributed by atoms with Gasteiger partial charge in [0.25, 0.3) is 5.56 Å². The molecule has 0 saturated carbocycles. The van der Waals surface area contributed by atoms with Crippen LogP contribution in [0.25, 0.3) is 22.2 Å². The summed E-state index contributed by atoms with van der Waals surface area (Å²) in [7, 11) is 0. The molecule has 0 aliphatic carbocycles. The first-order valence-corrected chi connectivity index (χ1v) is 11.1. The summed E-state index contributed by atoms with van der Waals surface area (Å²) in [4.78, 5) is 32.0. The van der Waals surface area contributed by atoms with Crippen molar-refractivity contribution in [2.24, 2.45) is 0 Å². The monoisotopic (exact) mass is 510 g/mol. The number of alkyl carbamates (subject to hydrolysis) is 1. The molecule has 0 radical (unpaired) electrons. The molecule has 194 valence electrons. The van der Waals surface area contributed by atoms with Gasteiger partial charge in [-0.05, 0) is 57.2 Å². The number of carbonyl (C=O) groups is 1. The van der Waals surface area contributed by atoms with Gasteiger partial charge in [0.2, 0.25) is 0 Å². The molecule has 0 saturated heterocycles. The van der Waals surface area contributed by atoms with Gasteiger partial charge in [-0.1, -0.05) is 0 Å². The number of benzene rings is 1. The number of aliphatic hydroxyl groups is 1. The van der Waals surface area contributed by atoms with Crippen LogP contribution in [0.1, 0.15) is 39.2 Å². The Bertz CT molecular complexity index is 1280. The molecule has 2 heterocycles. The predicted molar refractivity (Wildman–Crippen MR) is 124 cm³/mol. The Morgan fingerprint density at radius 3 is 2.44 bits per heavy atom. The molecule has 12 heteroatoms. The van der Waals surface area contributed by atoms with Crippen molar-refractivity contribution >= 4 is 16.9 Å². The number of carbonyl (C=O) groups excluding carboxylic acids is 1. The van der Waals surface area contributed by atoms with Crippen LogP contribution in [0.5, 0.6) is 0 Å². The van der Waals surface area contributed by atoms with E-state index < -0.39 is 40.9 Å². The smallest absolute Gasteiger partial charge is 0.419 e. The summed E-state index contributed by atoms with van der Waals surface area (Å²) < 4.78 is 59.5. The normalized spacial score (nSPS) is 13.0. The number of pyridine rings is 1. The number of hydrogen-bond donors (Lipinski definition) is 2. The average Bonchev–Trinajstić information content (AvgIpc) is 2.78. The highest BCUT2D eigenvalue weighted by atomic mass is 19.4. The summed E-state index contributed by atoms with van der Waals surface area (Å²) in [5.41, 5.74) is -2.34. The molecule has 1 amide bonds. The molecule has 0 fully saturated rings. The third-order valence-corrected chi connectivity index (χ3v) is 5.18. The number of ether oxygens (including phenoxy) is 1. The van der Waals surface area contributed by atoms with E-state index in [4.69, 9.17) is 4.74 Å². The van der Waals surface area contributed by atoms with Gasteiger partial charge in [-0.15, -0.1) is 0 Å². The zero-order valence-corrected chi connectivity index (χ0v) is 19.9. The molecular formula is C24H26F4N4O4. The maximum atomic E-state index is 14.8. The Kier molecular flexibility index (Phi) is 7.97. The van der Waals surface area contributed by atoms with Crippen LogP contribution in [0.3, 0.4) is 0 Å². The second kappa shape index (κ2) is 10.6. The van der Waals surface area contributed by atoms with E-state index in [1.165, 1.54) is 16.8 Å². The summed E-state index contributed by atoms with van der Waals surface area (Å²) in [5, 5.41) is 12.5. The van der Waals surface area contributed by atoms with Gasteiger partial charge in [-0.25, -0.2) is 19.2 Å². The van der Waals surface area contributed by atoms with Crippen LogP contribution < -0.4 is 10.9 Å². The topological polar surface area (TPSA) is 106 Å². The van der Waals surface area contributed by atoms with E-state index in [0.717, 1.165) is 6.07 Å². The zero-order chi connectivity index (χ0) is 26.7. The number of amides is 1. The summed E-state index contributed by atoms with van der Waals surface area (Å²) >= 11 is 0. The van der Waals surface area contributed by atoms with Crippen molar-refractivity contribution in [2.75, 3.05) is 6.61 Å². The first kappa shape index (κ1) is 27.1. The van der Waals surface area contributed by atoms with Crippen LogP contribution in [0, 0.1) is 5.82 Å². The molecule has 0 spiro atoms. The Labute approximate surface area is 203 Å². The lowest BCUT2D eigenvalue weighted by Crippen LogP contribution is -2.41. The summed E-state index contributed by atoms with van der Waals surface area (Å²) in [6.07, 6.45) is -1.84. The van der Waals surface area contributed by atoms with Crippen LogP contribution in [-0.2, 0) is 17.5 Å². The fourth-order valence-electron chi connectivity index (χ4n) is 3.46. The van der Waals surface area contributed by atoms with Gasteiger partial charge in [-0.2, -0.15) is 13.2 Å². The molecule has 36 heavy (non-hydrogen) atoms. The Balaban J connectivity index is 1.73. The van der Waals surface area contributed by atoms with Crippen molar-refractivity contribution in [1.82, 2.24) is 19.9 Å². The van der Waals surface area contributed by atoms with Gasteiger partial charge in [0.05, 0.1) is 29.2 Å². The maximum Gasteiger partial charge on any atom is 0.419 e. The number of fused-ring (bicyclic) bond motifs is 1. The first-order valence-electron chi connectivity index (χ1n) is 11.1. The van der Waals surface area contributed by atoms with Crippen LogP contribution >= 0.6 is 0 Å². The molecule has 0 bridgehead atoms. The fraction of sp³-hybridized carbons (Fsp3) is 0.417. The van der Waals surface area contributed by atoms with Crippen molar-refractivity contribution in [3.63, 3.8) is 0 Å². The SMILES string of the molecule is CC(C)(C)OC(=O)N[C@@H](CO)CCCn1ccc2cc(-c3ncc(C(F)(F)F)cn3)c(F)cc2c1=O. The number of halogens is 4.